The summed E-state index contributed by atoms with van der Waals surface area (Å²) in [4.78, 5) is 16.0. The third-order valence-corrected chi connectivity index (χ3v) is 3.38. The molecule has 1 aromatic heterocycles. The molecule has 1 aliphatic rings. The number of aromatic nitrogens is 2. The summed E-state index contributed by atoms with van der Waals surface area (Å²) in [6.45, 7) is -0.0694. The first-order valence-electron chi connectivity index (χ1n) is 5.86. The van der Waals surface area contributed by atoms with Crippen molar-refractivity contribution in [1.29, 1.82) is 0 Å². The zero-order chi connectivity index (χ0) is 14.3. The SMILES string of the molecule is Cn1cncc1C1(N)CCCN(C(=O)C(F)(F)F)C1. The fourth-order valence-corrected chi connectivity index (χ4v) is 2.48. The highest BCUT2D eigenvalue weighted by molar-refractivity contribution is 5.82. The van der Waals surface area contributed by atoms with E-state index in [-0.39, 0.29) is 13.1 Å². The summed E-state index contributed by atoms with van der Waals surface area (Å²) in [5.41, 5.74) is 5.82. The molecular formula is C11H15F3N4O. The lowest BCUT2D eigenvalue weighted by atomic mass is 9.87. The van der Waals surface area contributed by atoms with E-state index in [0.717, 1.165) is 4.90 Å². The number of halogens is 3. The smallest absolute Gasteiger partial charge is 0.336 e. The van der Waals surface area contributed by atoms with Gasteiger partial charge in [-0.15, -0.1) is 0 Å². The van der Waals surface area contributed by atoms with Gasteiger partial charge in [0.2, 0.25) is 0 Å². The van der Waals surface area contributed by atoms with Gasteiger partial charge in [-0.3, -0.25) is 4.79 Å². The second-order valence-corrected chi connectivity index (χ2v) is 4.87. The van der Waals surface area contributed by atoms with E-state index in [4.69, 9.17) is 5.73 Å². The van der Waals surface area contributed by atoms with Crippen LogP contribution in [0.1, 0.15) is 18.5 Å². The Labute approximate surface area is 108 Å². The van der Waals surface area contributed by atoms with Crippen LogP contribution in [-0.4, -0.2) is 39.6 Å². The number of carbonyl (C=O) groups excluding carboxylic acids is 1. The highest BCUT2D eigenvalue weighted by Crippen LogP contribution is 2.31. The third-order valence-electron chi connectivity index (χ3n) is 3.38. The first-order chi connectivity index (χ1) is 8.74. The van der Waals surface area contributed by atoms with Gasteiger partial charge in [-0.1, -0.05) is 0 Å². The molecular weight excluding hydrogens is 261 g/mol. The first-order valence-corrected chi connectivity index (χ1v) is 5.86. The monoisotopic (exact) mass is 276 g/mol. The molecule has 1 aromatic rings. The van der Waals surface area contributed by atoms with E-state index in [1.807, 2.05) is 0 Å². The summed E-state index contributed by atoms with van der Waals surface area (Å²) in [7, 11) is 1.72. The van der Waals surface area contributed by atoms with Crippen LogP contribution in [-0.2, 0) is 17.4 Å². The molecule has 1 unspecified atom stereocenters. The predicted molar refractivity (Wildman–Crippen MR) is 60.9 cm³/mol. The molecule has 1 atom stereocenters. The summed E-state index contributed by atoms with van der Waals surface area (Å²) < 4.78 is 39.0. The number of hydrogen-bond donors (Lipinski definition) is 1. The molecule has 2 rings (SSSR count). The van der Waals surface area contributed by atoms with Crippen molar-refractivity contribution < 1.29 is 18.0 Å². The average molecular weight is 276 g/mol. The molecule has 5 nitrogen and oxygen atoms in total. The Bertz CT molecular complexity index is 485. The number of nitrogens with two attached hydrogens (primary N) is 1. The largest absolute Gasteiger partial charge is 0.471 e. The number of piperidine rings is 1. The number of nitrogens with zero attached hydrogens (tertiary/aromatic N) is 3. The van der Waals surface area contributed by atoms with Gasteiger partial charge in [-0.05, 0) is 12.8 Å². The Morgan fingerprint density at radius 2 is 2.21 bits per heavy atom. The Hall–Kier alpha value is -1.57. The van der Waals surface area contributed by atoms with Gasteiger partial charge in [0.1, 0.15) is 0 Å². The quantitative estimate of drug-likeness (QED) is 0.823. The van der Waals surface area contributed by atoms with Gasteiger partial charge < -0.3 is 15.2 Å². The van der Waals surface area contributed by atoms with E-state index in [1.54, 1.807) is 11.6 Å². The molecule has 8 heteroatoms. The van der Waals surface area contributed by atoms with Crippen molar-refractivity contribution in [3.05, 3.63) is 18.2 Å². The minimum atomic E-state index is -4.86. The van der Waals surface area contributed by atoms with Crippen molar-refractivity contribution in [2.75, 3.05) is 13.1 Å². The number of carbonyl (C=O) groups is 1. The zero-order valence-corrected chi connectivity index (χ0v) is 10.4. The van der Waals surface area contributed by atoms with E-state index in [2.05, 4.69) is 4.98 Å². The van der Waals surface area contributed by atoms with Gasteiger partial charge in [-0.25, -0.2) is 4.98 Å². The minimum absolute atomic E-state index is 0.0785. The number of imidazole rings is 1. The minimum Gasteiger partial charge on any atom is -0.336 e. The third kappa shape index (κ3) is 2.58. The number of alkyl halides is 3. The molecule has 0 bridgehead atoms. The van der Waals surface area contributed by atoms with Crippen molar-refractivity contribution in [3.63, 3.8) is 0 Å². The second kappa shape index (κ2) is 4.52. The van der Waals surface area contributed by atoms with Gasteiger partial charge in [-0.2, -0.15) is 13.2 Å². The van der Waals surface area contributed by atoms with Crippen molar-refractivity contribution >= 4 is 5.91 Å². The van der Waals surface area contributed by atoms with E-state index < -0.39 is 17.6 Å². The maximum Gasteiger partial charge on any atom is 0.471 e. The molecule has 1 aliphatic heterocycles. The van der Waals surface area contributed by atoms with Crippen molar-refractivity contribution in [2.24, 2.45) is 12.8 Å². The summed E-state index contributed by atoms with van der Waals surface area (Å²) in [6, 6.07) is 0. The highest BCUT2D eigenvalue weighted by atomic mass is 19.4. The number of rotatable bonds is 1. The molecule has 0 aliphatic carbocycles. The van der Waals surface area contributed by atoms with Crippen molar-refractivity contribution in [3.8, 4) is 0 Å². The Kier molecular flexibility index (Phi) is 3.29. The molecule has 0 aromatic carbocycles. The van der Waals surface area contributed by atoms with Crippen LogP contribution in [0.25, 0.3) is 0 Å². The Morgan fingerprint density at radius 1 is 1.53 bits per heavy atom. The second-order valence-electron chi connectivity index (χ2n) is 4.87. The van der Waals surface area contributed by atoms with Crippen LogP contribution < -0.4 is 5.73 Å². The molecule has 1 fully saturated rings. The van der Waals surface area contributed by atoms with Crippen LogP contribution in [0.2, 0.25) is 0 Å². The van der Waals surface area contributed by atoms with Gasteiger partial charge in [0.15, 0.2) is 0 Å². The summed E-state index contributed by atoms with van der Waals surface area (Å²) in [5, 5.41) is 0. The van der Waals surface area contributed by atoms with Crippen LogP contribution in [0.3, 0.4) is 0 Å². The molecule has 0 saturated carbocycles. The van der Waals surface area contributed by atoms with Crippen LogP contribution >= 0.6 is 0 Å². The number of amides is 1. The molecule has 1 amide bonds. The highest BCUT2D eigenvalue weighted by Gasteiger charge is 2.46. The molecule has 2 heterocycles. The standard InChI is InChI=1S/C11H15F3N4O/c1-17-7-16-5-8(17)10(15)3-2-4-18(6-10)9(19)11(12,13)14/h5,7H,2-4,6,15H2,1H3. The molecule has 2 N–H and O–H groups in total. The molecule has 1 saturated heterocycles. The maximum atomic E-state index is 12.5. The first kappa shape index (κ1) is 13.9. The van der Waals surface area contributed by atoms with Crippen LogP contribution in [0.15, 0.2) is 12.5 Å². The van der Waals surface area contributed by atoms with E-state index in [1.165, 1.54) is 12.5 Å². The normalized spacial score (nSPS) is 24.6. The summed E-state index contributed by atoms with van der Waals surface area (Å²) in [5.74, 6) is -1.83. The maximum absolute atomic E-state index is 12.5. The lowest BCUT2D eigenvalue weighted by Crippen LogP contribution is -2.56. The fraction of sp³-hybridized carbons (Fsp3) is 0.636. The lowest BCUT2D eigenvalue weighted by molar-refractivity contribution is -0.187. The number of hydrogen-bond acceptors (Lipinski definition) is 3. The molecule has 106 valence electrons. The lowest BCUT2D eigenvalue weighted by Gasteiger charge is -2.40. The Morgan fingerprint density at radius 3 is 2.74 bits per heavy atom. The van der Waals surface area contributed by atoms with Crippen LogP contribution in [0, 0.1) is 0 Å². The zero-order valence-electron chi connectivity index (χ0n) is 10.4. The summed E-state index contributed by atoms with van der Waals surface area (Å²) >= 11 is 0. The van der Waals surface area contributed by atoms with E-state index in [0.29, 0.717) is 18.5 Å². The van der Waals surface area contributed by atoms with Crippen LogP contribution in [0.4, 0.5) is 13.2 Å². The van der Waals surface area contributed by atoms with E-state index >= 15 is 0 Å². The average Bonchev–Trinajstić information content (AvgIpc) is 2.74. The Balaban J connectivity index is 2.22. The topological polar surface area (TPSA) is 64.2 Å². The number of aryl methyl sites for hydroxylation is 1. The number of likely N-dealkylation sites (tertiary alicyclic amines) is 1. The van der Waals surface area contributed by atoms with Gasteiger partial charge in [0.05, 0.1) is 23.8 Å². The van der Waals surface area contributed by atoms with Gasteiger partial charge >= 0.3 is 12.1 Å². The van der Waals surface area contributed by atoms with Crippen molar-refractivity contribution in [1.82, 2.24) is 14.5 Å². The molecule has 0 spiro atoms. The van der Waals surface area contributed by atoms with Crippen molar-refractivity contribution in [2.45, 2.75) is 24.6 Å². The molecule has 19 heavy (non-hydrogen) atoms. The predicted octanol–water partition coefficient (Wildman–Crippen LogP) is 0.759. The van der Waals surface area contributed by atoms with E-state index in [9.17, 15) is 18.0 Å². The van der Waals surface area contributed by atoms with Gasteiger partial charge in [0, 0.05) is 20.1 Å². The molecule has 0 radical (unpaired) electrons. The summed E-state index contributed by atoms with van der Waals surface area (Å²) in [6.07, 6.45) is -0.835. The van der Waals surface area contributed by atoms with Gasteiger partial charge in [0.25, 0.3) is 0 Å². The van der Waals surface area contributed by atoms with Crippen LogP contribution in [0.5, 0.6) is 0 Å². The fourth-order valence-electron chi connectivity index (χ4n) is 2.48.